The van der Waals surface area contributed by atoms with Crippen molar-refractivity contribution in [1.29, 1.82) is 0 Å². The van der Waals surface area contributed by atoms with Crippen LogP contribution in [0.4, 0.5) is 0 Å². The second-order valence-electron chi connectivity index (χ2n) is 6.42. The van der Waals surface area contributed by atoms with Crippen molar-refractivity contribution in [1.82, 2.24) is 0 Å². The molecule has 0 aromatic rings. The molecule has 6 unspecified atom stereocenters. The van der Waals surface area contributed by atoms with Gasteiger partial charge in [0.2, 0.25) is 0 Å². The quantitative estimate of drug-likeness (QED) is 0.349. The molecule has 3 N–H and O–H groups in total. The Kier molecular flexibility index (Phi) is 6.22. The predicted molar refractivity (Wildman–Crippen MR) is 84.1 cm³/mol. The van der Waals surface area contributed by atoms with Crippen LogP contribution in [0.2, 0.25) is 0 Å². The number of likely N-dealkylation sites (tertiary alicyclic amines) is 1. The molecule has 0 radical (unpaired) electrons. The lowest BCUT2D eigenvalue weighted by Crippen LogP contribution is -3.17. The Bertz CT molecular complexity index is 340. The summed E-state index contributed by atoms with van der Waals surface area (Å²) in [5, 5.41) is 19.8. The molecule has 1 saturated carbocycles. The number of nitrogens with one attached hydrogen (secondary N) is 2. The van der Waals surface area contributed by atoms with Crippen LogP contribution in [0.15, 0.2) is 0 Å². The van der Waals surface area contributed by atoms with Gasteiger partial charge in [-0.2, -0.15) is 0 Å². The second kappa shape index (κ2) is 7.49. The van der Waals surface area contributed by atoms with Crippen molar-refractivity contribution in [3.8, 4) is 0 Å². The van der Waals surface area contributed by atoms with E-state index in [2.05, 4.69) is 29.5 Å². The number of quaternary nitrogens is 2. The van der Waals surface area contributed by atoms with Crippen LogP contribution in [0.25, 0.3) is 0 Å². The maximum Gasteiger partial charge on any atom is 0.190 e. The summed E-state index contributed by atoms with van der Waals surface area (Å²) in [6, 6.07) is 0.232. The van der Waals surface area contributed by atoms with E-state index in [0.717, 1.165) is 19.4 Å². The van der Waals surface area contributed by atoms with Gasteiger partial charge in [0.25, 0.3) is 0 Å². The van der Waals surface area contributed by atoms with E-state index in [9.17, 15) is 15.2 Å². The molecule has 2 aliphatic rings. The van der Waals surface area contributed by atoms with Crippen molar-refractivity contribution in [3.05, 3.63) is 5.21 Å². The van der Waals surface area contributed by atoms with E-state index in [1.807, 2.05) is 0 Å². The van der Waals surface area contributed by atoms with Crippen molar-refractivity contribution in [2.24, 2.45) is 5.92 Å². The molecule has 0 aromatic carbocycles. The summed E-state index contributed by atoms with van der Waals surface area (Å²) >= 11 is 2.23. The van der Waals surface area contributed by atoms with E-state index in [0.29, 0.717) is 24.8 Å². The third-order valence-electron chi connectivity index (χ3n) is 5.02. The van der Waals surface area contributed by atoms with E-state index >= 15 is 0 Å². The molecule has 1 heterocycles. The second-order valence-corrected chi connectivity index (χ2v) is 8.02. The summed E-state index contributed by atoms with van der Waals surface area (Å²) in [7, 11) is 0. The van der Waals surface area contributed by atoms with Crippen LogP contribution in [0.1, 0.15) is 45.4 Å². The number of alkyl halides is 1. The molecule has 6 heteroatoms. The normalized spacial score (nSPS) is 40.3. The number of ketones is 1. The Morgan fingerprint density at radius 2 is 2.15 bits per heavy atom. The van der Waals surface area contributed by atoms with E-state index in [1.54, 1.807) is 0 Å². The average Bonchev–Trinajstić information content (AvgIpc) is 2.41. The maximum atomic E-state index is 12.5. The Balaban J connectivity index is 1.88. The standard InChI is InChI=1S/C14H25IN2O3/c1-10-4-2-3-7-16(10)9-14(18)11-5-6-12(15)13(8-11)17(19)20/h10-13,17,19H,2-9H2,1H3/p+1. The minimum atomic E-state index is -0.736. The van der Waals surface area contributed by atoms with Gasteiger partial charge in [-0.25, -0.2) is 10.4 Å². The van der Waals surface area contributed by atoms with Crippen molar-refractivity contribution in [2.75, 3.05) is 13.1 Å². The lowest BCUT2D eigenvalue weighted by molar-refractivity contribution is -1.07. The fraction of sp³-hybridized carbons (Fsp3) is 0.929. The van der Waals surface area contributed by atoms with Gasteiger partial charge in [-0.15, -0.1) is 0 Å². The fourth-order valence-electron chi connectivity index (χ4n) is 3.57. The smallest absolute Gasteiger partial charge is 0.190 e. The van der Waals surface area contributed by atoms with Gasteiger partial charge < -0.3 is 10.1 Å². The Morgan fingerprint density at radius 1 is 1.40 bits per heavy atom. The number of Topliss-reactive ketones (excluding diaryl/α,β-unsaturated/α-hetero) is 1. The Hall–Kier alpha value is 0.240. The van der Waals surface area contributed by atoms with Gasteiger partial charge in [0.05, 0.1) is 16.5 Å². The van der Waals surface area contributed by atoms with Gasteiger partial charge in [-0.1, -0.05) is 22.6 Å². The Morgan fingerprint density at radius 3 is 2.80 bits per heavy atom. The maximum absolute atomic E-state index is 12.5. The third-order valence-corrected chi connectivity index (χ3v) is 6.51. The molecule has 0 bridgehead atoms. The topological polar surface area (TPSA) is 69.2 Å². The zero-order valence-corrected chi connectivity index (χ0v) is 14.3. The lowest BCUT2D eigenvalue weighted by atomic mass is 9.83. The summed E-state index contributed by atoms with van der Waals surface area (Å²) in [5.41, 5.74) is 0. The zero-order valence-electron chi connectivity index (χ0n) is 12.1. The number of carbonyl (C=O) groups excluding carboxylic acids is 1. The zero-order chi connectivity index (χ0) is 14.7. The van der Waals surface area contributed by atoms with Gasteiger partial charge in [0.15, 0.2) is 5.78 Å². The molecule has 2 rings (SSSR count). The molecule has 1 saturated heterocycles. The van der Waals surface area contributed by atoms with Crippen molar-refractivity contribution < 1.29 is 20.1 Å². The first kappa shape index (κ1) is 16.6. The highest BCUT2D eigenvalue weighted by molar-refractivity contribution is 14.1. The van der Waals surface area contributed by atoms with Gasteiger partial charge >= 0.3 is 0 Å². The highest BCUT2D eigenvalue weighted by Gasteiger charge is 2.38. The highest BCUT2D eigenvalue weighted by Crippen LogP contribution is 2.28. The number of hydrogen-bond donors (Lipinski definition) is 3. The van der Waals surface area contributed by atoms with Crippen molar-refractivity contribution >= 4 is 28.4 Å². The predicted octanol–water partition coefficient (Wildman–Crippen LogP) is -0.243. The molecule has 5 nitrogen and oxygen atoms in total. The van der Waals surface area contributed by atoms with Crippen LogP contribution in [0, 0.1) is 11.1 Å². The monoisotopic (exact) mass is 397 g/mol. The van der Waals surface area contributed by atoms with E-state index in [1.165, 1.54) is 24.2 Å². The minimum Gasteiger partial charge on any atom is -0.600 e. The fourth-order valence-corrected chi connectivity index (χ4v) is 4.53. The van der Waals surface area contributed by atoms with E-state index in [-0.39, 0.29) is 15.9 Å². The molecule has 116 valence electrons. The average molecular weight is 397 g/mol. The molecule has 0 aromatic heterocycles. The number of hydrogen-bond acceptors (Lipinski definition) is 3. The van der Waals surface area contributed by atoms with Gasteiger partial charge in [0.1, 0.15) is 12.6 Å². The molecule has 20 heavy (non-hydrogen) atoms. The number of piperidine rings is 1. The summed E-state index contributed by atoms with van der Waals surface area (Å²) < 4.78 is 0.176. The van der Waals surface area contributed by atoms with Crippen LogP contribution < -0.4 is 10.1 Å². The summed E-state index contributed by atoms with van der Waals surface area (Å²) in [6.45, 7) is 3.92. The van der Waals surface area contributed by atoms with Crippen LogP contribution in [-0.2, 0) is 4.79 Å². The van der Waals surface area contributed by atoms with Crippen LogP contribution >= 0.6 is 22.6 Å². The van der Waals surface area contributed by atoms with Crippen LogP contribution in [0.3, 0.4) is 0 Å². The molecule has 2 fully saturated rings. The molecule has 6 atom stereocenters. The number of rotatable bonds is 4. The van der Waals surface area contributed by atoms with Crippen LogP contribution in [-0.4, -0.2) is 40.1 Å². The first-order valence-corrected chi connectivity index (χ1v) is 8.97. The van der Waals surface area contributed by atoms with Gasteiger partial charge in [-0.05, 0) is 39.0 Å². The molecular weight excluding hydrogens is 371 g/mol. The molecule has 0 spiro atoms. The summed E-state index contributed by atoms with van der Waals surface area (Å²) in [4.78, 5) is 13.9. The largest absolute Gasteiger partial charge is 0.600 e. The number of carbonyl (C=O) groups is 1. The highest BCUT2D eigenvalue weighted by atomic mass is 127. The molecule has 1 aliphatic carbocycles. The number of hydroxylamine groups is 2. The SMILES string of the molecule is CC1CCCC[NH+]1CC(=O)C1CCC(I)C([NH+]([O-])O)C1. The van der Waals surface area contributed by atoms with Crippen molar-refractivity contribution in [3.63, 3.8) is 0 Å². The van der Waals surface area contributed by atoms with Gasteiger partial charge in [0, 0.05) is 12.3 Å². The first-order chi connectivity index (χ1) is 9.49. The van der Waals surface area contributed by atoms with E-state index in [4.69, 9.17) is 0 Å². The number of halogens is 1. The van der Waals surface area contributed by atoms with E-state index < -0.39 is 5.23 Å². The molecule has 1 aliphatic heterocycles. The lowest BCUT2D eigenvalue weighted by Gasteiger charge is -2.36. The van der Waals surface area contributed by atoms with Crippen LogP contribution in [0.5, 0.6) is 0 Å². The third kappa shape index (κ3) is 4.13. The summed E-state index contributed by atoms with van der Waals surface area (Å²) in [6.07, 6.45) is 5.98. The van der Waals surface area contributed by atoms with Crippen molar-refractivity contribution in [2.45, 2.75) is 61.5 Å². The Labute approximate surface area is 134 Å². The molecule has 0 amide bonds. The minimum absolute atomic E-state index is 0.0243. The summed E-state index contributed by atoms with van der Waals surface area (Å²) in [5.74, 6) is 0.270. The van der Waals surface area contributed by atoms with Gasteiger partial charge in [-0.3, -0.25) is 4.79 Å². The first-order valence-electron chi connectivity index (χ1n) is 7.73. The molecular formula is C14H26IN2O3+.